The molecule has 0 bridgehead atoms. The van der Waals surface area contributed by atoms with Crippen LogP contribution >= 0.6 is 0 Å². The Bertz CT molecular complexity index is 1080. The molecule has 0 unspecified atom stereocenters. The van der Waals surface area contributed by atoms with E-state index in [-0.39, 0.29) is 18.7 Å². The summed E-state index contributed by atoms with van der Waals surface area (Å²) in [6.45, 7) is 3.80. The van der Waals surface area contributed by atoms with Gasteiger partial charge in [-0.05, 0) is 55.7 Å². The monoisotopic (exact) mass is 381 g/mol. The van der Waals surface area contributed by atoms with Crippen LogP contribution in [0.25, 0.3) is 11.0 Å². The average Bonchev–Trinajstić information content (AvgIpc) is 2.67. The third kappa shape index (κ3) is 4.01. The Hall–Kier alpha value is -3.28. The van der Waals surface area contributed by atoms with Crippen LogP contribution in [0.1, 0.15) is 23.1 Å². The van der Waals surface area contributed by atoms with Gasteiger partial charge in [-0.3, -0.25) is 4.79 Å². The molecule has 6 nitrogen and oxygen atoms in total. The van der Waals surface area contributed by atoms with Crippen molar-refractivity contribution in [3.63, 3.8) is 0 Å². The fourth-order valence-electron chi connectivity index (χ4n) is 3.16. The predicted molar refractivity (Wildman–Crippen MR) is 108 cm³/mol. The van der Waals surface area contributed by atoms with Crippen LogP contribution < -0.4 is 20.4 Å². The molecule has 1 heterocycles. The Kier molecular flexibility index (Phi) is 5.68. The van der Waals surface area contributed by atoms with E-state index in [9.17, 15) is 9.59 Å². The summed E-state index contributed by atoms with van der Waals surface area (Å²) in [5.74, 6) is 1.01. The van der Waals surface area contributed by atoms with E-state index in [1.165, 1.54) is 0 Å². The van der Waals surface area contributed by atoms with Gasteiger partial charge in [-0.25, -0.2) is 4.79 Å². The van der Waals surface area contributed by atoms with E-state index < -0.39 is 5.63 Å². The first-order chi connectivity index (χ1) is 13.4. The maximum Gasteiger partial charge on any atom is 0.339 e. The predicted octanol–water partition coefficient (Wildman–Crippen LogP) is 4.00. The highest BCUT2D eigenvalue weighted by molar-refractivity contribution is 5.92. The highest BCUT2D eigenvalue weighted by Gasteiger charge is 2.14. The summed E-state index contributed by atoms with van der Waals surface area (Å²) in [6.07, 6.45) is 0.445. The smallest absolute Gasteiger partial charge is 0.339 e. The fourth-order valence-corrected chi connectivity index (χ4v) is 3.16. The van der Waals surface area contributed by atoms with E-state index in [4.69, 9.17) is 13.9 Å². The largest absolute Gasteiger partial charge is 0.497 e. The summed E-state index contributed by atoms with van der Waals surface area (Å²) < 4.78 is 15.9. The van der Waals surface area contributed by atoms with Crippen LogP contribution in [0.5, 0.6) is 11.5 Å². The number of anilines is 1. The van der Waals surface area contributed by atoms with Gasteiger partial charge in [-0.15, -0.1) is 0 Å². The lowest BCUT2D eigenvalue weighted by atomic mass is 10.0. The number of aryl methyl sites for hydroxylation is 2. The Morgan fingerprint density at radius 1 is 1.07 bits per heavy atom. The van der Waals surface area contributed by atoms with Crippen LogP contribution in [0.2, 0.25) is 0 Å². The molecule has 0 atom stereocenters. The maximum absolute atomic E-state index is 12.4. The van der Waals surface area contributed by atoms with Crippen LogP contribution in [-0.4, -0.2) is 20.1 Å². The first-order valence-electron chi connectivity index (χ1n) is 8.97. The molecule has 1 N–H and O–H groups in total. The minimum atomic E-state index is -0.431. The third-order valence-electron chi connectivity index (χ3n) is 4.73. The van der Waals surface area contributed by atoms with Gasteiger partial charge in [0.15, 0.2) is 0 Å². The first-order valence-corrected chi connectivity index (χ1v) is 8.97. The SMILES string of the molecule is COc1ccc2c(C)c(CCC(=O)Nc3cc(C)ccc3OC)c(=O)oc2c1. The normalized spacial score (nSPS) is 10.7. The molecular weight excluding hydrogens is 358 g/mol. The van der Waals surface area contributed by atoms with Crippen LogP contribution in [0.3, 0.4) is 0 Å². The standard InChI is InChI=1S/C22H23NO5/c1-13-5-9-19(27-4)18(11-13)23-21(24)10-8-17-14(2)16-7-6-15(26-3)12-20(16)28-22(17)25/h5-7,9,11-12H,8,10H2,1-4H3,(H,23,24). The number of ether oxygens (including phenoxy) is 2. The van der Waals surface area contributed by atoms with E-state index >= 15 is 0 Å². The van der Waals surface area contributed by atoms with Gasteiger partial charge in [-0.2, -0.15) is 0 Å². The van der Waals surface area contributed by atoms with Crippen molar-refractivity contribution in [1.82, 2.24) is 0 Å². The Labute approximate surface area is 163 Å². The molecule has 146 valence electrons. The minimum absolute atomic E-state index is 0.157. The molecule has 0 radical (unpaired) electrons. The van der Waals surface area contributed by atoms with Gasteiger partial charge in [0.25, 0.3) is 0 Å². The highest BCUT2D eigenvalue weighted by Crippen LogP contribution is 2.26. The first kappa shape index (κ1) is 19.5. The van der Waals surface area contributed by atoms with Gasteiger partial charge in [0.2, 0.25) is 5.91 Å². The molecule has 28 heavy (non-hydrogen) atoms. The molecule has 3 aromatic rings. The molecule has 3 rings (SSSR count). The second-order valence-corrected chi connectivity index (χ2v) is 6.61. The van der Waals surface area contributed by atoms with Gasteiger partial charge in [0, 0.05) is 23.4 Å². The average molecular weight is 381 g/mol. The molecule has 6 heteroatoms. The second kappa shape index (κ2) is 8.17. The number of hydrogen-bond donors (Lipinski definition) is 1. The second-order valence-electron chi connectivity index (χ2n) is 6.61. The number of methoxy groups -OCH3 is 2. The van der Waals surface area contributed by atoms with E-state index in [0.29, 0.717) is 28.3 Å². The van der Waals surface area contributed by atoms with Gasteiger partial charge >= 0.3 is 5.63 Å². The summed E-state index contributed by atoms with van der Waals surface area (Å²) in [5.41, 5.74) is 2.98. The summed E-state index contributed by atoms with van der Waals surface area (Å²) in [5, 5.41) is 3.68. The summed E-state index contributed by atoms with van der Waals surface area (Å²) in [4.78, 5) is 24.8. The number of carbonyl (C=O) groups excluding carboxylic acids is 1. The van der Waals surface area contributed by atoms with Crippen molar-refractivity contribution in [2.75, 3.05) is 19.5 Å². The number of nitrogens with one attached hydrogen (secondary N) is 1. The van der Waals surface area contributed by atoms with Crippen molar-refractivity contribution in [1.29, 1.82) is 0 Å². The Balaban J connectivity index is 1.79. The van der Waals surface area contributed by atoms with Crippen LogP contribution in [0, 0.1) is 13.8 Å². The van der Waals surface area contributed by atoms with Crippen molar-refractivity contribution in [2.45, 2.75) is 26.7 Å². The Morgan fingerprint density at radius 2 is 1.86 bits per heavy atom. The molecule has 0 saturated carbocycles. The Morgan fingerprint density at radius 3 is 2.57 bits per heavy atom. The lowest BCUT2D eigenvalue weighted by molar-refractivity contribution is -0.116. The van der Waals surface area contributed by atoms with Crippen molar-refractivity contribution >= 4 is 22.6 Å². The number of fused-ring (bicyclic) bond motifs is 1. The summed E-state index contributed by atoms with van der Waals surface area (Å²) >= 11 is 0. The molecule has 0 aliphatic heterocycles. The number of carbonyl (C=O) groups is 1. The molecule has 0 spiro atoms. The van der Waals surface area contributed by atoms with E-state index in [0.717, 1.165) is 16.5 Å². The molecule has 1 amide bonds. The molecule has 0 aliphatic carbocycles. The van der Waals surface area contributed by atoms with Crippen molar-refractivity contribution < 1.29 is 18.7 Å². The topological polar surface area (TPSA) is 77.8 Å². The zero-order valence-electron chi connectivity index (χ0n) is 16.4. The lowest BCUT2D eigenvalue weighted by Gasteiger charge is -2.12. The molecule has 0 saturated heterocycles. The number of benzene rings is 2. The quantitative estimate of drug-likeness (QED) is 0.653. The van der Waals surface area contributed by atoms with Crippen LogP contribution in [0.15, 0.2) is 45.6 Å². The summed E-state index contributed by atoms with van der Waals surface area (Å²) in [7, 11) is 3.11. The zero-order chi connectivity index (χ0) is 20.3. The van der Waals surface area contributed by atoms with E-state index in [2.05, 4.69) is 5.32 Å². The van der Waals surface area contributed by atoms with Crippen molar-refractivity contribution in [3.8, 4) is 11.5 Å². The maximum atomic E-state index is 12.4. The highest BCUT2D eigenvalue weighted by atomic mass is 16.5. The molecule has 0 fully saturated rings. The number of amides is 1. The van der Waals surface area contributed by atoms with Gasteiger partial charge in [-0.1, -0.05) is 6.07 Å². The zero-order valence-corrected chi connectivity index (χ0v) is 16.4. The summed E-state index contributed by atoms with van der Waals surface area (Å²) in [6, 6.07) is 10.9. The van der Waals surface area contributed by atoms with Crippen LogP contribution in [0.4, 0.5) is 5.69 Å². The van der Waals surface area contributed by atoms with Crippen LogP contribution in [-0.2, 0) is 11.2 Å². The number of hydrogen-bond acceptors (Lipinski definition) is 5. The van der Waals surface area contributed by atoms with E-state index in [1.54, 1.807) is 26.4 Å². The fraction of sp³-hybridized carbons (Fsp3) is 0.273. The molecular formula is C22H23NO5. The molecule has 0 aliphatic rings. The number of rotatable bonds is 6. The molecule has 2 aromatic carbocycles. The van der Waals surface area contributed by atoms with Gasteiger partial charge < -0.3 is 19.2 Å². The third-order valence-corrected chi connectivity index (χ3v) is 4.73. The van der Waals surface area contributed by atoms with Gasteiger partial charge in [0.1, 0.15) is 17.1 Å². The van der Waals surface area contributed by atoms with Crippen molar-refractivity contribution in [3.05, 3.63) is 63.5 Å². The molecule has 1 aromatic heterocycles. The lowest BCUT2D eigenvalue weighted by Crippen LogP contribution is -2.17. The van der Waals surface area contributed by atoms with Crippen molar-refractivity contribution in [2.24, 2.45) is 0 Å². The van der Waals surface area contributed by atoms with E-state index in [1.807, 2.05) is 38.1 Å². The minimum Gasteiger partial charge on any atom is -0.497 e. The van der Waals surface area contributed by atoms with Gasteiger partial charge in [0.05, 0.1) is 19.9 Å².